The maximum absolute atomic E-state index is 2.47. The number of hydrogen-bond donors (Lipinski definition) is 0. The van der Waals surface area contributed by atoms with E-state index in [1.54, 1.807) is 0 Å². The number of likely N-dealkylation sites (N-methyl/N-ethyl adjacent to an activating group) is 1. The molecule has 1 aliphatic rings. The summed E-state index contributed by atoms with van der Waals surface area (Å²) >= 11 is 0. The van der Waals surface area contributed by atoms with Crippen LogP contribution >= 0.6 is 0 Å². The third kappa shape index (κ3) is 1.30. The number of aryl methyl sites for hydroxylation is 2. The Balaban J connectivity index is 2.32. The first-order chi connectivity index (χ1) is 7.66. The van der Waals surface area contributed by atoms with Crippen LogP contribution in [0.5, 0.6) is 0 Å². The number of hydrogen-bond acceptors (Lipinski definition) is 1. The lowest BCUT2D eigenvalue weighted by molar-refractivity contribution is 0.244. The Labute approximate surface area is 96.5 Å². The predicted octanol–water partition coefficient (Wildman–Crippen LogP) is 2.70. The third-order valence-electron chi connectivity index (χ3n) is 3.72. The van der Waals surface area contributed by atoms with Crippen LogP contribution in [0.3, 0.4) is 0 Å². The molecule has 0 saturated heterocycles. The number of fused-ring (bicyclic) bond motifs is 3. The Hall–Kier alpha value is -1.28. The van der Waals surface area contributed by atoms with Crippen LogP contribution in [0.4, 0.5) is 0 Å². The molecule has 0 fully saturated rings. The van der Waals surface area contributed by atoms with Crippen LogP contribution in [0.2, 0.25) is 0 Å². The molecule has 1 aliphatic heterocycles. The number of rotatable bonds is 0. The van der Waals surface area contributed by atoms with E-state index < -0.39 is 0 Å². The van der Waals surface area contributed by atoms with Crippen molar-refractivity contribution in [3.8, 4) is 0 Å². The minimum atomic E-state index is 1.03. The van der Waals surface area contributed by atoms with Crippen LogP contribution in [0.15, 0.2) is 18.2 Å². The highest BCUT2D eigenvalue weighted by Gasteiger charge is 2.19. The average molecular weight is 214 g/mol. The standard InChI is InChI=1S/C14H18N2/c1-10-4-5-14-12(8-10)11(2)13-6-7-15(3)9-16(13)14/h4-5,8H,6-7,9H2,1-3H3. The fourth-order valence-electron chi connectivity index (χ4n) is 2.78. The van der Waals surface area contributed by atoms with Crippen molar-refractivity contribution in [1.29, 1.82) is 0 Å². The molecule has 16 heavy (non-hydrogen) atoms. The van der Waals surface area contributed by atoms with Gasteiger partial charge >= 0.3 is 0 Å². The summed E-state index contributed by atoms with van der Waals surface area (Å²) in [6, 6.07) is 6.79. The highest BCUT2D eigenvalue weighted by Crippen LogP contribution is 2.29. The largest absolute Gasteiger partial charge is 0.331 e. The van der Waals surface area contributed by atoms with E-state index in [1.807, 2.05) is 0 Å². The molecule has 84 valence electrons. The zero-order valence-corrected chi connectivity index (χ0v) is 10.2. The Morgan fingerprint density at radius 3 is 2.81 bits per heavy atom. The number of aromatic nitrogens is 1. The minimum absolute atomic E-state index is 1.03. The summed E-state index contributed by atoms with van der Waals surface area (Å²) in [6.07, 6.45) is 1.18. The molecule has 0 N–H and O–H groups in total. The van der Waals surface area contributed by atoms with Crippen LogP contribution < -0.4 is 0 Å². The van der Waals surface area contributed by atoms with Gasteiger partial charge in [0.2, 0.25) is 0 Å². The maximum atomic E-state index is 2.47. The molecule has 0 spiro atoms. The van der Waals surface area contributed by atoms with Gasteiger partial charge in [-0.1, -0.05) is 11.6 Å². The van der Waals surface area contributed by atoms with Gasteiger partial charge in [0.05, 0.1) is 6.67 Å². The van der Waals surface area contributed by atoms with Crippen molar-refractivity contribution in [3.05, 3.63) is 35.0 Å². The highest BCUT2D eigenvalue weighted by molar-refractivity contribution is 5.86. The molecule has 0 unspecified atom stereocenters. The van der Waals surface area contributed by atoms with Gasteiger partial charge in [0.25, 0.3) is 0 Å². The molecular formula is C14H18N2. The van der Waals surface area contributed by atoms with E-state index >= 15 is 0 Å². The quantitative estimate of drug-likeness (QED) is 0.654. The second kappa shape index (κ2) is 3.36. The molecule has 0 saturated carbocycles. The summed E-state index contributed by atoms with van der Waals surface area (Å²) in [6.45, 7) is 6.64. The van der Waals surface area contributed by atoms with E-state index in [2.05, 4.69) is 48.6 Å². The van der Waals surface area contributed by atoms with Gasteiger partial charge in [-0.3, -0.25) is 4.90 Å². The van der Waals surface area contributed by atoms with Crippen molar-refractivity contribution in [2.45, 2.75) is 26.9 Å². The number of benzene rings is 1. The Kier molecular flexibility index (Phi) is 2.08. The zero-order valence-electron chi connectivity index (χ0n) is 10.2. The highest BCUT2D eigenvalue weighted by atomic mass is 15.3. The van der Waals surface area contributed by atoms with Gasteiger partial charge in [-0.25, -0.2) is 0 Å². The second-order valence-electron chi connectivity index (χ2n) is 4.99. The Morgan fingerprint density at radius 1 is 1.19 bits per heavy atom. The summed E-state index contributed by atoms with van der Waals surface area (Å²) in [5.41, 5.74) is 5.75. The van der Waals surface area contributed by atoms with Crippen molar-refractivity contribution in [3.63, 3.8) is 0 Å². The fraction of sp³-hybridized carbons (Fsp3) is 0.429. The molecule has 0 atom stereocenters. The van der Waals surface area contributed by atoms with E-state index in [0.717, 1.165) is 6.67 Å². The summed E-state index contributed by atoms with van der Waals surface area (Å²) in [4.78, 5) is 2.38. The molecular weight excluding hydrogens is 196 g/mol. The molecule has 2 nitrogen and oxygen atoms in total. The maximum Gasteiger partial charge on any atom is 0.0751 e. The Bertz CT molecular complexity index is 551. The smallest absolute Gasteiger partial charge is 0.0751 e. The zero-order chi connectivity index (χ0) is 11.3. The topological polar surface area (TPSA) is 8.17 Å². The van der Waals surface area contributed by atoms with Crippen LogP contribution in [-0.2, 0) is 13.1 Å². The first kappa shape index (κ1) is 9.91. The lowest BCUT2D eigenvalue weighted by Crippen LogP contribution is -2.30. The monoisotopic (exact) mass is 214 g/mol. The van der Waals surface area contributed by atoms with E-state index in [-0.39, 0.29) is 0 Å². The first-order valence-electron chi connectivity index (χ1n) is 5.93. The van der Waals surface area contributed by atoms with Gasteiger partial charge in [0, 0.05) is 29.6 Å². The number of nitrogens with zero attached hydrogens (tertiary/aromatic N) is 2. The van der Waals surface area contributed by atoms with Crippen LogP contribution in [0, 0.1) is 13.8 Å². The molecule has 0 radical (unpaired) electrons. The molecule has 2 aromatic rings. The van der Waals surface area contributed by atoms with Crippen LogP contribution in [-0.4, -0.2) is 23.1 Å². The predicted molar refractivity (Wildman–Crippen MR) is 67.7 cm³/mol. The third-order valence-corrected chi connectivity index (χ3v) is 3.72. The van der Waals surface area contributed by atoms with Crippen molar-refractivity contribution in [1.82, 2.24) is 9.47 Å². The van der Waals surface area contributed by atoms with Crippen molar-refractivity contribution < 1.29 is 0 Å². The minimum Gasteiger partial charge on any atom is -0.331 e. The van der Waals surface area contributed by atoms with E-state index in [9.17, 15) is 0 Å². The summed E-state index contributed by atoms with van der Waals surface area (Å²) in [7, 11) is 2.19. The summed E-state index contributed by atoms with van der Waals surface area (Å²) in [5.74, 6) is 0. The fourth-order valence-corrected chi connectivity index (χ4v) is 2.78. The summed E-state index contributed by atoms with van der Waals surface area (Å²) in [5, 5.41) is 1.44. The summed E-state index contributed by atoms with van der Waals surface area (Å²) < 4.78 is 2.47. The lowest BCUT2D eigenvalue weighted by Gasteiger charge is -2.26. The second-order valence-corrected chi connectivity index (χ2v) is 4.99. The van der Waals surface area contributed by atoms with Crippen molar-refractivity contribution in [2.75, 3.05) is 13.6 Å². The lowest BCUT2D eigenvalue weighted by atomic mass is 10.1. The molecule has 2 heteroatoms. The van der Waals surface area contributed by atoms with Gasteiger partial charge < -0.3 is 4.57 Å². The van der Waals surface area contributed by atoms with Gasteiger partial charge in [-0.05, 0) is 38.6 Å². The van der Waals surface area contributed by atoms with Gasteiger partial charge in [-0.15, -0.1) is 0 Å². The van der Waals surface area contributed by atoms with Gasteiger partial charge in [0.15, 0.2) is 0 Å². The van der Waals surface area contributed by atoms with Crippen molar-refractivity contribution in [2.24, 2.45) is 0 Å². The molecule has 0 aliphatic carbocycles. The van der Waals surface area contributed by atoms with Crippen LogP contribution in [0.1, 0.15) is 16.8 Å². The molecule has 0 amide bonds. The Morgan fingerprint density at radius 2 is 2.00 bits per heavy atom. The van der Waals surface area contributed by atoms with E-state index in [0.29, 0.717) is 0 Å². The van der Waals surface area contributed by atoms with Crippen LogP contribution in [0.25, 0.3) is 10.9 Å². The SMILES string of the molecule is Cc1ccc2c(c1)c(C)c1n2CN(C)CC1. The first-order valence-corrected chi connectivity index (χ1v) is 5.93. The van der Waals surface area contributed by atoms with E-state index in [1.165, 1.54) is 40.7 Å². The average Bonchev–Trinajstić information content (AvgIpc) is 2.52. The van der Waals surface area contributed by atoms with Gasteiger partial charge in [-0.2, -0.15) is 0 Å². The molecule has 3 rings (SSSR count). The van der Waals surface area contributed by atoms with Crippen molar-refractivity contribution >= 4 is 10.9 Å². The molecule has 1 aromatic heterocycles. The normalized spacial score (nSPS) is 16.7. The van der Waals surface area contributed by atoms with E-state index in [4.69, 9.17) is 0 Å². The molecule has 1 aromatic carbocycles. The van der Waals surface area contributed by atoms with Gasteiger partial charge in [0.1, 0.15) is 0 Å². The molecule has 0 bridgehead atoms. The molecule has 2 heterocycles.